The second kappa shape index (κ2) is 20.5. The van der Waals surface area contributed by atoms with E-state index in [2.05, 4.69) is 20.6 Å². The fraction of sp³-hybridized carbons (Fsp3) is 0.314. The number of nitrogens with zero attached hydrogens (tertiary/aromatic N) is 6. The lowest BCUT2D eigenvalue weighted by atomic mass is 10.0. The summed E-state index contributed by atoms with van der Waals surface area (Å²) < 4.78 is 47.0. The maximum absolute atomic E-state index is 15.6. The first-order chi connectivity index (χ1) is 32.0. The molecule has 1 saturated heterocycles. The normalized spacial score (nSPS) is 13.7. The van der Waals surface area contributed by atoms with Gasteiger partial charge in [0.2, 0.25) is 0 Å². The first-order valence-corrected chi connectivity index (χ1v) is 24.2. The maximum Gasteiger partial charge on any atom is 0.259 e. The maximum atomic E-state index is 15.6. The van der Waals surface area contributed by atoms with Gasteiger partial charge in [-0.25, -0.2) is 22.6 Å². The first kappa shape index (κ1) is 48.3. The van der Waals surface area contributed by atoms with E-state index < -0.39 is 32.4 Å². The molecular weight excluding hydrogens is 888 g/mol. The van der Waals surface area contributed by atoms with Gasteiger partial charge in [0.05, 0.1) is 39.9 Å². The Labute approximate surface area is 396 Å². The number of thiocarbonyl (C=S) groups is 1. The number of carbonyl (C=O) groups excluding carboxylic acids is 2. The summed E-state index contributed by atoms with van der Waals surface area (Å²) >= 11 is 5.75. The Morgan fingerprint density at radius 3 is 2.25 bits per heavy atom. The van der Waals surface area contributed by atoms with Crippen molar-refractivity contribution in [3.63, 3.8) is 0 Å². The molecule has 13 nitrogen and oxygen atoms in total. The molecule has 67 heavy (non-hydrogen) atoms. The van der Waals surface area contributed by atoms with Crippen molar-refractivity contribution in [1.82, 2.24) is 25.8 Å². The van der Waals surface area contributed by atoms with Crippen LogP contribution in [0.3, 0.4) is 0 Å². The van der Waals surface area contributed by atoms with Crippen molar-refractivity contribution in [2.75, 3.05) is 23.4 Å². The Balaban J connectivity index is 0.945. The van der Waals surface area contributed by atoms with E-state index in [0.717, 1.165) is 49.0 Å². The summed E-state index contributed by atoms with van der Waals surface area (Å²) in [5, 5.41) is 9.97. The van der Waals surface area contributed by atoms with E-state index >= 15 is 4.39 Å². The predicted octanol–water partition coefficient (Wildman–Crippen LogP) is 10.2. The highest BCUT2D eigenvalue weighted by molar-refractivity contribution is 7.92. The van der Waals surface area contributed by atoms with Crippen LogP contribution in [0.1, 0.15) is 87.0 Å². The lowest BCUT2D eigenvalue weighted by molar-refractivity contribution is -0.120. The SMILES string of the molecule is [C-]#[N+]c1ccc(N2C(=O)C(C)(C)N(c3ccc(C(=O)NCCCCCCCc4ncc(-c5ccc(S(=O)(=O)C(C)C)cc5)nc4-c4cc(-c5ccc(CNC)cc5)no4)c(F)c3)C2=S)cc1C. The second-order valence-electron chi connectivity index (χ2n) is 17.3. The lowest BCUT2D eigenvalue weighted by Gasteiger charge is -2.29. The van der Waals surface area contributed by atoms with Gasteiger partial charge in [0.15, 0.2) is 26.4 Å². The zero-order chi connectivity index (χ0) is 48.0. The number of halogens is 1. The summed E-state index contributed by atoms with van der Waals surface area (Å²) in [7, 11) is -1.53. The number of hydrogen-bond donors (Lipinski definition) is 2. The molecule has 2 N–H and O–H groups in total. The fourth-order valence-electron chi connectivity index (χ4n) is 7.97. The van der Waals surface area contributed by atoms with Crippen molar-refractivity contribution in [2.45, 2.75) is 95.4 Å². The number of hydrogen-bond acceptors (Lipinski definition) is 10. The molecule has 0 spiro atoms. The van der Waals surface area contributed by atoms with Crippen molar-refractivity contribution in [3.8, 4) is 34.0 Å². The molecule has 0 unspecified atom stereocenters. The van der Waals surface area contributed by atoms with E-state index in [4.69, 9.17) is 33.3 Å². The Hall–Kier alpha value is -6.67. The number of aromatic nitrogens is 3. The van der Waals surface area contributed by atoms with E-state index in [-0.39, 0.29) is 21.5 Å². The number of rotatable bonds is 18. The summed E-state index contributed by atoms with van der Waals surface area (Å²) in [6.07, 6.45) is 6.45. The molecule has 4 aromatic carbocycles. The quantitative estimate of drug-likeness (QED) is 0.0481. The number of carbonyl (C=O) groups is 2. The van der Waals surface area contributed by atoms with Crippen LogP contribution in [-0.4, -0.2) is 64.9 Å². The first-order valence-electron chi connectivity index (χ1n) is 22.2. The molecule has 0 radical (unpaired) electrons. The third kappa shape index (κ3) is 10.3. The molecule has 0 bridgehead atoms. The molecule has 0 aliphatic carbocycles. The zero-order valence-electron chi connectivity index (χ0n) is 38.4. The minimum atomic E-state index is -3.43. The van der Waals surface area contributed by atoms with Gasteiger partial charge in [0.1, 0.15) is 22.7 Å². The van der Waals surface area contributed by atoms with Crippen LogP contribution in [0, 0.1) is 19.3 Å². The van der Waals surface area contributed by atoms with Gasteiger partial charge in [-0.05, 0) is 127 Å². The molecular formula is C51H53FN8O5S2. The van der Waals surface area contributed by atoms with E-state index in [1.54, 1.807) is 94.2 Å². The highest BCUT2D eigenvalue weighted by atomic mass is 32.2. The van der Waals surface area contributed by atoms with Crippen LogP contribution in [0.4, 0.5) is 21.5 Å². The Morgan fingerprint density at radius 1 is 0.910 bits per heavy atom. The van der Waals surface area contributed by atoms with Gasteiger partial charge in [-0.3, -0.25) is 19.5 Å². The molecule has 1 fully saturated rings. The van der Waals surface area contributed by atoms with Crippen LogP contribution in [0.5, 0.6) is 0 Å². The molecule has 0 saturated carbocycles. The van der Waals surface area contributed by atoms with Crippen LogP contribution in [0.2, 0.25) is 0 Å². The topological polar surface area (TPSA) is 155 Å². The number of sulfone groups is 1. The van der Waals surface area contributed by atoms with Gasteiger partial charge in [0, 0.05) is 41.7 Å². The van der Waals surface area contributed by atoms with E-state index in [9.17, 15) is 18.0 Å². The molecule has 2 amide bonds. The molecule has 346 valence electrons. The standard InChI is InChI=1S/C51H53FN8O5S2/c1-32(2)67(63,64)39-22-18-36(19-23-39)45-31-56-43(47(57-45)46-29-44(58-65-46)35-16-14-34(15-17-35)30-53-6)13-11-9-8-10-12-26-55-48(61)40-24-20-38(28-41(40)52)60-50(66)59(49(62)51(60,4)5)37-21-25-42(54-7)33(3)27-37/h14-25,27-29,31-32,53H,8-13,26,30H2,1-6H3,(H,55,61). The van der Waals surface area contributed by atoms with Crippen molar-refractivity contribution in [1.29, 1.82) is 0 Å². The Kier molecular flexibility index (Phi) is 14.7. The van der Waals surface area contributed by atoms with Gasteiger partial charge in [-0.15, -0.1) is 0 Å². The monoisotopic (exact) mass is 940 g/mol. The van der Waals surface area contributed by atoms with E-state index in [1.165, 1.54) is 17.0 Å². The van der Waals surface area contributed by atoms with Crippen LogP contribution in [-0.2, 0) is 27.6 Å². The molecule has 1 aliphatic rings. The average molecular weight is 941 g/mol. The highest BCUT2D eigenvalue weighted by Crippen LogP contribution is 2.38. The van der Waals surface area contributed by atoms with Crippen molar-refractivity contribution in [2.24, 2.45) is 0 Å². The number of amides is 2. The van der Waals surface area contributed by atoms with E-state index in [1.807, 2.05) is 37.4 Å². The minimum absolute atomic E-state index is 0.111. The third-order valence-electron chi connectivity index (χ3n) is 11.9. The number of aryl methyl sites for hydroxylation is 2. The third-order valence-corrected chi connectivity index (χ3v) is 14.4. The summed E-state index contributed by atoms with van der Waals surface area (Å²) in [6, 6.07) is 25.9. The van der Waals surface area contributed by atoms with Crippen LogP contribution < -0.4 is 20.4 Å². The molecule has 7 rings (SSSR count). The Bertz CT molecular complexity index is 2970. The Morgan fingerprint density at radius 2 is 1.58 bits per heavy atom. The van der Waals surface area contributed by atoms with Gasteiger partial charge in [-0.2, -0.15) is 0 Å². The predicted molar refractivity (Wildman–Crippen MR) is 263 cm³/mol. The van der Waals surface area contributed by atoms with Crippen molar-refractivity contribution < 1.29 is 26.9 Å². The van der Waals surface area contributed by atoms with Gasteiger partial charge < -0.3 is 20.1 Å². The summed E-state index contributed by atoms with van der Waals surface area (Å²) in [5.41, 5.74) is 6.08. The smallest absolute Gasteiger partial charge is 0.259 e. The molecule has 1 aliphatic heterocycles. The summed E-state index contributed by atoms with van der Waals surface area (Å²) in [6.45, 7) is 17.0. The van der Waals surface area contributed by atoms with Crippen LogP contribution >= 0.6 is 12.2 Å². The largest absolute Gasteiger partial charge is 0.354 e. The van der Waals surface area contributed by atoms with Crippen LogP contribution in [0.25, 0.3) is 38.8 Å². The summed E-state index contributed by atoms with van der Waals surface area (Å²) in [5.74, 6) is -1.09. The van der Waals surface area contributed by atoms with Gasteiger partial charge >= 0.3 is 0 Å². The number of anilines is 2. The number of unbranched alkanes of at least 4 members (excludes halogenated alkanes) is 4. The van der Waals surface area contributed by atoms with Gasteiger partial charge in [-0.1, -0.05) is 66.9 Å². The molecule has 16 heteroatoms. The van der Waals surface area contributed by atoms with Crippen molar-refractivity contribution in [3.05, 3.63) is 137 Å². The molecule has 3 heterocycles. The second-order valence-corrected chi connectivity index (χ2v) is 20.2. The highest BCUT2D eigenvalue weighted by Gasteiger charge is 2.50. The van der Waals surface area contributed by atoms with Crippen LogP contribution in [0.15, 0.2) is 107 Å². The average Bonchev–Trinajstić information content (AvgIpc) is 3.87. The molecule has 6 aromatic rings. The fourth-order valence-corrected chi connectivity index (χ4v) is 9.56. The minimum Gasteiger partial charge on any atom is -0.354 e. The lowest BCUT2D eigenvalue weighted by Crippen LogP contribution is -2.44. The van der Waals surface area contributed by atoms with Gasteiger partial charge in [0.25, 0.3) is 11.8 Å². The number of nitrogens with one attached hydrogen (secondary N) is 2. The number of benzene rings is 4. The zero-order valence-corrected chi connectivity index (χ0v) is 40.0. The molecule has 2 aromatic heterocycles. The summed E-state index contributed by atoms with van der Waals surface area (Å²) in [4.78, 5) is 43.2. The van der Waals surface area contributed by atoms with Crippen molar-refractivity contribution >= 4 is 56.0 Å². The molecule has 0 atom stereocenters. The van der Waals surface area contributed by atoms with E-state index in [0.29, 0.717) is 70.4 Å².